The quantitative estimate of drug-likeness (QED) is 0.712. The summed E-state index contributed by atoms with van der Waals surface area (Å²) in [5.41, 5.74) is 0.845. The van der Waals surface area contributed by atoms with Gasteiger partial charge in [-0.15, -0.1) is 11.3 Å². The van der Waals surface area contributed by atoms with Gasteiger partial charge in [0.15, 0.2) is 0 Å². The van der Waals surface area contributed by atoms with Crippen molar-refractivity contribution in [2.75, 3.05) is 13.2 Å². The molecule has 6 heteroatoms. The SMILES string of the molecule is CCOP(=O)(Cc1nc(CC)sc1C)OCC. The van der Waals surface area contributed by atoms with Crippen molar-refractivity contribution in [1.82, 2.24) is 4.98 Å². The number of rotatable bonds is 7. The average molecular weight is 277 g/mol. The van der Waals surface area contributed by atoms with Gasteiger partial charge in [-0.05, 0) is 27.2 Å². The Hall–Kier alpha value is -0.220. The Balaban J connectivity index is 2.85. The highest BCUT2D eigenvalue weighted by molar-refractivity contribution is 7.53. The highest BCUT2D eigenvalue weighted by Crippen LogP contribution is 2.51. The Morgan fingerprint density at radius 3 is 2.24 bits per heavy atom. The monoisotopic (exact) mass is 277 g/mol. The van der Waals surface area contributed by atoms with Crippen molar-refractivity contribution in [1.29, 1.82) is 0 Å². The molecule has 1 rings (SSSR count). The molecule has 0 saturated carbocycles. The maximum atomic E-state index is 12.4. The van der Waals surface area contributed by atoms with Crippen LogP contribution in [0.4, 0.5) is 0 Å². The lowest BCUT2D eigenvalue weighted by Crippen LogP contribution is -2.00. The molecule has 0 saturated heterocycles. The van der Waals surface area contributed by atoms with Crippen molar-refractivity contribution in [3.05, 3.63) is 15.6 Å². The third-order valence-corrected chi connectivity index (χ3v) is 5.38. The molecule has 0 atom stereocenters. The Morgan fingerprint density at radius 1 is 1.24 bits per heavy atom. The van der Waals surface area contributed by atoms with Crippen molar-refractivity contribution >= 4 is 18.9 Å². The van der Waals surface area contributed by atoms with Crippen LogP contribution in [0.15, 0.2) is 0 Å². The van der Waals surface area contributed by atoms with Crippen molar-refractivity contribution in [3.8, 4) is 0 Å². The van der Waals surface area contributed by atoms with E-state index in [2.05, 4.69) is 11.9 Å². The molecule has 0 aliphatic rings. The minimum Gasteiger partial charge on any atom is -0.309 e. The van der Waals surface area contributed by atoms with Gasteiger partial charge in [0.05, 0.1) is 30.1 Å². The van der Waals surface area contributed by atoms with Gasteiger partial charge in [-0.25, -0.2) is 4.98 Å². The summed E-state index contributed by atoms with van der Waals surface area (Å²) in [6.07, 6.45) is 1.18. The minimum atomic E-state index is -3.02. The van der Waals surface area contributed by atoms with Crippen LogP contribution in [0.5, 0.6) is 0 Å². The lowest BCUT2D eigenvalue weighted by molar-refractivity contribution is 0.219. The van der Waals surface area contributed by atoms with E-state index >= 15 is 0 Å². The standard InChI is InChI=1S/C11H20NO3PS/c1-5-11-12-10(9(4)17-11)8-16(13,14-6-2)15-7-3/h5-8H2,1-4H3. The fourth-order valence-electron chi connectivity index (χ4n) is 1.49. The summed E-state index contributed by atoms with van der Waals surface area (Å²) in [6.45, 7) is 8.47. The van der Waals surface area contributed by atoms with Crippen LogP contribution in [0.25, 0.3) is 0 Å². The fraction of sp³-hybridized carbons (Fsp3) is 0.727. The normalized spacial score (nSPS) is 12.0. The molecule has 0 amide bonds. The zero-order valence-electron chi connectivity index (χ0n) is 10.9. The molecule has 1 aromatic rings. The molecule has 0 radical (unpaired) electrons. The lowest BCUT2D eigenvalue weighted by atomic mass is 10.4. The smallest absolute Gasteiger partial charge is 0.309 e. The van der Waals surface area contributed by atoms with Crippen LogP contribution in [-0.4, -0.2) is 18.2 Å². The summed E-state index contributed by atoms with van der Waals surface area (Å²) in [6, 6.07) is 0. The topological polar surface area (TPSA) is 48.4 Å². The van der Waals surface area contributed by atoms with Gasteiger partial charge in [0.1, 0.15) is 0 Å². The maximum absolute atomic E-state index is 12.4. The predicted molar refractivity (Wildman–Crippen MR) is 70.8 cm³/mol. The number of nitrogens with zero attached hydrogens (tertiary/aromatic N) is 1. The second-order valence-electron chi connectivity index (χ2n) is 3.57. The van der Waals surface area contributed by atoms with E-state index in [0.29, 0.717) is 13.2 Å². The van der Waals surface area contributed by atoms with Crippen LogP contribution in [0.1, 0.15) is 36.3 Å². The molecule has 17 heavy (non-hydrogen) atoms. The number of aryl methyl sites for hydroxylation is 2. The summed E-state index contributed by atoms with van der Waals surface area (Å²) in [4.78, 5) is 5.56. The molecule has 0 bridgehead atoms. The van der Waals surface area contributed by atoms with Gasteiger partial charge in [0, 0.05) is 4.88 Å². The van der Waals surface area contributed by atoms with E-state index in [1.807, 2.05) is 20.8 Å². The highest BCUT2D eigenvalue weighted by Gasteiger charge is 2.26. The summed E-state index contributed by atoms with van der Waals surface area (Å²) < 4.78 is 22.9. The first-order chi connectivity index (χ1) is 8.04. The van der Waals surface area contributed by atoms with E-state index in [0.717, 1.165) is 22.0 Å². The van der Waals surface area contributed by atoms with E-state index < -0.39 is 7.60 Å². The first-order valence-corrected chi connectivity index (χ1v) is 8.42. The summed E-state index contributed by atoms with van der Waals surface area (Å²) >= 11 is 1.65. The molecule has 0 aromatic carbocycles. The Morgan fingerprint density at radius 2 is 1.82 bits per heavy atom. The molecule has 98 valence electrons. The lowest BCUT2D eigenvalue weighted by Gasteiger charge is -2.16. The molecule has 0 N–H and O–H groups in total. The summed E-state index contributed by atoms with van der Waals surface area (Å²) in [5, 5.41) is 1.07. The molecule has 0 aliphatic heterocycles. The number of hydrogen-bond donors (Lipinski definition) is 0. The molecule has 4 nitrogen and oxygen atoms in total. The van der Waals surface area contributed by atoms with Gasteiger partial charge in [-0.3, -0.25) is 4.57 Å². The van der Waals surface area contributed by atoms with Crippen molar-refractivity contribution in [3.63, 3.8) is 0 Å². The molecule has 0 spiro atoms. The van der Waals surface area contributed by atoms with Crippen molar-refractivity contribution in [2.24, 2.45) is 0 Å². The van der Waals surface area contributed by atoms with Gasteiger partial charge in [0.25, 0.3) is 0 Å². The second-order valence-corrected chi connectivity index (χ2v) is 6.91. The van der Waals surface area contributed by atoms with Crippen LogP contribution in [0, 0.1) is 6.92 Å². The van der Waals surface area contributed by atoms with E-state index in [4.69, 9.17) is 9.05 Å². The largest absolute Gasteiger partial charge is 0.336 e. The van der Waals surface area contributed by atoms with Crippen LogP contribution in [-0.2, 0) is 26.2 Å². The fourth-order valence-corrected chi connectivity index (χ4v) is 4.21. The molecule has 1 aromatic heterocycles. The zero-order valence-corrected chi connectivity index (χ0v) is 12.6. The van der Waals surface area contributed by atoms with Crippen LogP contribution >= 0.6 is 18.9 Å². The first kappa shape index (κ1) is 14.8. The number of aromatic nitrogens is 1. The summed E-state index contributed by atoms with van der Waals surface area (Å²) in [7, 11) is -3.02. The zero-order chi connectivity index (χ0) is 12.9. The molecular weight excluding hydrogens is 257 g/mol. The molecule has 0 fully saturated rings. The Bertz CT molecular complexity index is 395. The molecule has 1 heterocycles. The van der Waals surface area contributed by atoms with Gasteiger partial charge in [-0.1, -0.05) is 6.92 Å². The highest BCUT2D eigenvalue weighted by atomic mass is 32.1. The third-order valence-electron chi connectivity index (χ3n) is 2.23. The predicted octanol–water partition coefficient (Wildman–Crippen LogP) is 3.78. The third kappa shape index (κ3) is 4.18. The maximum Gasteiger partial charge on any atom is 0.336 e. The Kier molecular flexibility index (Phi) is 5.80. The summed E-state index contributed by atoms with van der Waals surface area (Å²) in [5.74, 6) is 0. The van der Waals surface area contributed by atoms with Crippen LogP contribution < -0.4 is 0 Å². The second kappa shape index (κ2) is 6.64. The number of hydrogen-bond acceptors (Lipinski definition) is 5. The van der Waals surface area contributed by atoms with Crippen molar-refractivity contribution in [2.45, 2.75) is 40.3 Å². The van der Waals surface area contributed by atoms with Gasteiger partial charge < -0.3 is 9.05 Å². The van der Waals surface area contributed by atoms with Gasteiger partial charge in [0.2, 0.25) is 0 Å². The van der Waals surface area contributed by atoms with Crippen molar-refractivity contribution < 1.29 is 13.6 Å². The molecule has 0 aliphatic carbocycles. The van der Waals surface area contributed by atoms with Gasteiger partial charge >= 0.3 is 7.60 Å². The molecule has 0 unspecified atom stereocenters. The van der Waals surface area contributed by atoms with E-state index in [1.54, 1.807) is 11.3 Å². The van der Waals surface area contributed by atoms with E-state index in [1.165, 1.54) is 0 Å². The first-order valence-electron chi connectivity index (χ1n) is 5.88. The van der Waals surface area contributed by atoms with Crippen LogP contribution in [0.3, 0.4) is 0 Å². The van der Waals surface area contributed by atoms with E-state index in [9.17, 15) is 4.57 Å². The Labute approximate surface area is 107 Å². The van der Waals surface area contributed by atoms with Crippen LogP contribution in [0.2, 0.25) is 0 Å². The minimum absolute atomic E-state index is 0.275. The van der Waals surface area contributed by atoms with E-state index in [-0.39, 0.29) is 6.16 Å². The van der Waals surface area contributed by atoms with Gasteiger partial charge in [-0.2, -0.15) is 0 Å². The molecular formula is C11H20NO3PS. The number of thiazole rings is 1. The average Bonchev–Trinajstić information content (AvgIpc) is 2.60.